The highest BCUT2D eigenvalue weighted by Gasteiger charge is 2.23. The van der Waals surface area contributed by atoms with E-state index in [4.69, 9.17) is 23.8 Å². The van der Waals surface area contributed by atoms with Crippen LogP contribution in [-0.2, 0) is 0 Å². The summed E-state index contributed by atoms with van der Waals surface area (Å²) < 4.78 is 16.0. The third kappa shape index (κ3) is 4.87. The maximum atomic E-state index is 7.08. The van der Waals surface area contributed by atoms with Gasteiger partial charge in [0.25, 0.3) is 0 Å². The van der Waals surface area contributed by atoms with Gasteiger partial charge in [-0.25, -0.2) is 15.0 Å². The van der Waals surface area contributed by atoms with Crippen LogP contribution in [0.2, 0.25) is 0 Å². The topological polar surface area (TPSA) is 69.9 Å². The van der Waals surface area contributed by atoms with E-state index in [1.54, 1.807) is 0 Å². The molecule has 12 rings (SSSR count). The van der Waals surface area contributed by atoms with Gasteiger partial charge in [0.15, 0.2) is 23.1 Å². The van der Waals surface area contributed by atoms with E-state index in [-0.39, 0.29) is 0 Å². The second-order valence-electron chi connectivity index (χ2n) is 14.3. The number of rotatable bonds is 5. The van der Waals surface area contributed by atoms with E-state index in [1.165, 1.54) is 0 Å². The molecule has 0 radical (unpaired) electrons. The van der Waals surface area contributed by atoms with Crippen molar-refractivity contribution in [1.29, 1.82) is 0 Å². The molecule has 6 nitrogen and oxygen atoms in total. The predicted molar refractivity (Wildman–Crippen MR) is 230 cm³/mol. The van der Waals surface area contributed by atoms with Crippen molar-refractivity contribution in [3.05, 3.63) is 182 Å². The van der Waals surface area contributed by atoms with Crippen LogP contribution in [0.4, 0.5) is 0 Å². The van der Waals surface area contributed by atoms with Crippen LogP contribution in [0.25, 0.3) is 117 Å². The van der Waals surface area contributed by atoms with E-state index in [0.29, 0.717) is 17.5 Å². The molecule has 0 atom stereocenters. The fourth-order valence-corrected chi connectivity index (χ4v) is 8.47. The fraction of sp³-hybridized carbons (Fsp3) is 0. The Balaban J connectivity index is 1.12. The zero-order chi connectivity index (χ0) is 37.5. The Labute approximate surface area is 325 Å². The van der Waals surface area contributed by atoms with Gasteiger partial charge >= 0.3 is 0 Å². The number of furan rings is 2. The number of fused-ring (bicyclic) bond motifs is 10. The Morgan fingerprint density at radius 1 is 0.351 bits per heavy atom. The Morgan fingerprint density at radius 3 is 1.65 bits per heavy atom. The smallest absolute Gasteiger partial charge is 0.164 e. The second kappa shape index (κ2) is 12.3. The first-order chi connectivity index (χ1) is 28.3. The van der Waals surface area contributed by atoms with E-state index in [2.05, 4.69) is 108 Å². The normalized spacial score (nSPS) is 11.9. The predicted octanol–water partition coefficient (Wildman–Crippen LogP) is 13.4. The molecule has 0 fully saturated rings. The van der Waals surface area contributed by atoms with Gasteiger partial charge in [0.05, 0.1) is 22.1 Å². The average Bonchev–Trinajstić information content (AvgIpc) is 3.96. The molecule has 0 aliphatic carbocycles. The zero-order valence-corrected chi connectivity index (χ0v) is 30.4. The molecule has 0 unspecified atom stereocenters. The van der Waals surface area contributed by atoms with Gasteiger partial charge in [0.1, 0.15) is 16.7 Å². The third-order valence-electron chi connectivity index (χ3n) is 11.1. The SMILES string of the molecule is c1ccc(-c2nc(-c3ccccc3)nc(-c3ccc4c(c3)oc3c(-n5c6ccccc6c6c7oc8ccccc8c7ccc65)ccc(-c5ccccc5)c34)n2)cc1. The van der Waals surface area contributed by atoms with Gasteiger partial charge in [-0.15, -0.1) is 0 Å². The lowest BCUT2D eigenvalue weighted by molar-refractivity contribution is 0.666. The van der Waals surface area contributed by atoms with Crippen molar-refractivity contribution in [2.24, 2.45) is 0 Å². The molecule has 0 amide bonds. The van der Waals surface area contributed by atoms with Gasteiger partial charge in [0, 0.05) is 43.6 Å². The molecule has 0 N–H and O–H groups in total. The summed E-state index contributed by atoms with van der Waals surface area (Å²) in [7, 11) is 0. The van der Waals surface area contributed by atoms with Crippen molar-refractivity contribution in [1.82, 2.24) is 19.5 Å². The fourth-order valence-electron chi connectivity index (χ4n) is 8.47. The summed E-state index contributed by atoms with van der Waals surface area (Å²) in [6.07, 6.45) is 0. The Morgan fingerprint density at radius 2 is 0.930 bits per heavy atom. The molecule has 8 aromatic carbocycles. The lowest BCUT2D eigenvalue weighted by Gasteiger charge is -2.11. The molecule has 266 valence electrons. The monoisotopic (exact) mass is 730 g/mol. The number of hydrogen-bond donors (Lipinski definition) is 0. The molecule has 0 saturated heterocycles. The van der Waals surface area contributed by atoms with Crippen molar-refractivity contribution in [3.8, 4) is 51.0 Å². The lowest BCUT2D eigenvalue weighted by atomic mass is 9.98. The van der Waals surface area contributed by atoms with E-state index < -0.39 is 0 Å². The molecule has 0 aliphatic heterocycles. The van der Waals surface area contributed by atoms with Gasteiger partial charge in [-0.2, -0.15) is 0 Å². The number of benzene rings is 8. The van der Waals surface area contributed by atoms with Crippen LogP contribution in [0.1, 0.15) is 0 Å². The number of para-hydroxylation sites is 2. The molecular formula is C51H30N4O2. The second-order valence-corrected chi connectivity index (χ2v) is 14.3. The highest BCUT2D eigenvalue weighted by molar-refractivity contribution is 6.24. The highest BCUT2D eigenvalue weighted by Crippen LogP contribution is 2.45. The first-order valence-electron chi connectivity index (χ1n) is 19.0. The van der Waals surface area contributed by atoms with Crippen molar-refractivity contribution in [3.63, 3.8) is 0 Å². The van der Waals surface area contributed by atoms with Crippen molar-refractivity contribution >= 4 is 65.7 Å². The molecule has 0 spiro atoms. The van der Waals surface area contributed by atoms with Crippen LogP contribution in [0.15, 0.2) is 191 Å². The number of nitrogens with zero attached hydrogens (tertiary/aromatic N) is 4. The van der Waals surface area contributed by atoms with E-state index >= 15 is 0 Å². The highest BCUT2D eigenvalue weighted by atomic mass is 16.3. The maximum Gasteiger partial charge on any atom is 0.164 e. The molecule has 0 bridgehead atoms. The molecular weight excluding hydrogens is 701 g/mol. The molecule has 57 heavy (non-hydrogen) atoms. The summed E-state index contributed by atoms with van der Waals surface area (Å²) in [5, 5.41) is 6.47. The molecule has 0 aliphatic rings. The van der Waals surface area contributed by atoms with Gasteiger partial charge < -0.3 is 13.4 Å². The molecule has 4 heterocycles. The van der Waals surface area contributed by atoms with Crippen LogP contribution in [0.3, 0.4) is 0 Å². The van der Waals surface area contributed by atoms with Crippen LogP contribution in [0, 0.1) is 0 Å². The van der Waals surface area contributed by atoms with Gasteiger partial charge in [0.2, 0.25) is 0 Å². The summed E-state index contributed by atoms with van der Waals surface area (Å²) in [4.78, 5) is 14.9. The first-order valence-corrected chi connectivity index (χ1v) is 19.0. The van der Waals surface area contributed by atoms with Gasteiger partial charge in [-0.1, -0.05) is 140 Å². The Kier molecular flexibility index (Phi) is 6.83. The van der Waals surface area contributed by atoms with E-state index in [1.807, 2.05) is 78.9 Å². The third-order valence-corrected chi connectivity index (χ3v) is 11.1. The first kappa shape index (κ1) is 31.5. The molecule has 0 saturated carbocycles. The Hall–Kier alpha value is -7.83. The summed E-state index contributed by atoms with van der Waals surface area (Å²) in [5.74, 6) is 1.80. The van der Waals surface area contributed by atoms with Gasteiger partial charge in [-0.3, -0.25) is 0 Å². The van der Waals surface area contributed by atoms with Gasteiger partial charge in [-0.05, 0) is 53.6 Å². The summed E-state index contributed by atoms with van der Waals surface area (Å²) in [6, 6.07) is 62.5. The minimum absolute atomic E-state index is 0.575. The number of hydrogen-bond acceptors (Lipinski definition) is 5. The summed E-state index contributed by atoms with van der Waals surface area (Å²) in [5.41, 5.74) is 11.3. The molecule has 4 aromatic heterocycles. The Bertz CT molecular complexity index is 3450. The maximum absolute atomic E-state index is 7.08. The minimum Gasteiger partial charge on any atom is -0.455 e. The largest absolute Gasteiger partial charge is 0.455 e. The van der Waals surface area contributed by atoms with E-state index in [9.17, 15) is 0 Å². The van der Waals surface area contributed by atoms with Crippen LogP contribution >= 0.6 is 0 Å². The standard InChI is InChI=1S/C51H30N4O2/c1-4-14-31(15-5-1)35-26-29-42(55-40-22-12-10-21-38(40)46-41(55)28-27-37-36-20-11-13-23-43(36)56-47(37)46)48-45(35)39-25-24-34(30-44(39)57-48)51-53-49(32-16-6-2-7-17-32)52-50(54-51)33-18-8-3-9-19-33/h1-30H. The number of aromatic nitrogens is 4. The van der Waals surface area contributed by atoms with Crippen LogP contribution in [-0.4, -0.2) is 19.5 Å². The van der Waals surface area contributed by atoms with Crippen LogP contribution < -0.4 is 0 Å². The lowest BCUT2D eigenvalue weighted by Crippen LogP contribution is -2.00. The van der Waals surface area contributed by atoms with Crippen LogP contribution in [0.5, 0.6) is 0 Å². The molecule has 6 heteroatoms. The van der Waals surface area contributed by atoms with Crippen molar-refractivity contribution < 1.29 is 8.83 Å². The minimum atomic E-state index is 0.575. The average molecular weight is 731 g/mol. The summed E-state index contributed by atoms with van der Waals surface area (Å²) >= 11 is 0. The quantitative estimate of drug-likeness (QED) is 0.176. The summed E-state index contributed by atoms with van der Waals surface area (Å²) in [6.45, 7) is 0. The molecule has 12 aromatic rings. The van der Waals surface area contributed by atoms with Crippen molar-refractivity contribution in [2.45, 2.75) is 0 Å². The van der Waals surface area contributed by atoms with E-state index in [0.717, 1.165) is 99.2 Å². The zero-order valence-electron chi connectivity index (χ0n) is 30.4. The van der Waals surface area contributed by atoms with Crippen molar-refractivity contribution in [2.75, 3.05) is 0 Å².